The van der Waals surface area contributed by atoms with Crippen LogP contribution in [-0.2, 0) is 19.5 Å². The van der Waals surface area contributed by atoms with Gasteiger partial charge in [0.2, 0.25) is 6.79 Å². The van der Waals surface area contributed by atoms with Gasteiger partial charge in [-0.2, -0.15) is 5.10 Å². The van der Waals surface area contributed by atoms with Crippen LogP contribution in [0, 0.1) is 0 Å². The van der Waals surface area contributed by atoms with Gasteiger partial charge in [0, 0.05) is 36.5 Å². The number of ether oxygens (including phenoxy) is 3. The summed E-state index contributed by atoms with van der Waals surface area (Å²) in [7, 11) is 1.59. The number of urea groups is 1. The third-order valence-electron chi connectivity index (χ3n) is 5.60. The Morgan fingerprint density at radius 2 is 2.06 bits per heavy atom. The number of aromatic nitrogens is 3. The molecule has 2 aliphatic rings. The Bertz CT molecular complexity index is 1110. The fourth-order valence-corrected chi connectivity index (χ4v) is 3.95. The maximum Gasteiger partial charge on any atom is 0.326 e. The molecule has 2 aromatic carbocycles. The highest BCUT2D eigenvalue weighted by molar-refractivity contribution is 6.01. The molecule has 32 heavy (non-hydrogen) atoms. The molecule has 9 nitrogen and oxygen atoms in total. The number of methoxy groups -OCH3 is 1. The fourth-order valence-electron chi connectivity index (χ4n) is 3.95. The van der Waals surface area contributed by atoms with E-state index in [1.165, 1.54) is 6.42 Å². The number of nitrogens with one attached hydrogen (secondary N) is 1. The molecule has 0 spiro atoms. The van der Waals surface area contributed by atoms with Crippen molar-refractivity contribution in [3.63, 3.8) is 0 Å². The minimum atomic E-state index is -0.304. The Hall–Kier alpha value is -3.75. The predicted molar refractivity (Wildman–Crippen MR) is 118 cm³/mol. The lowest BCUT2D eigenvalue weighted by molar-refractivity contribution is 0.174. The van der Waals surface area contributed by atoms with Crippen molar-refractivity contribution in [2.24, 2.45) is 0 Å². The van der Waals surface area contributed by atoms with Crippen LogP contribution in [0.25, 0.3) is 0 Å². The Morgan fingerprint density at radius 1 is 1.16 bits per heavy atom. The normalized spacial score (nSPS) is 14.4. The van der Waals surface area contributed by atoms with Crippen molar-refractivity contribution in [2.75, 3.05) is 24.1 Å². The van der Waals surface area contributed by atoms with Gasteiger partial charge in [-0.15, -0.1) is 0 Å². The van der Waals surface area contributed by atoms with E-state index in [2.05, 4.69) is 10.4 Å². The summed E-state index contributed by atoms with van der Waals surface area (Å²) >= 11 is 0. The number of amides is 2. The van der Waals surface area contributed by atoms with E-state index in [0.29, 0.717) is 34.4 Å². The van der Waals surface area contributed by atoms with Crippen LogP contribution in [0.15, 0.2) is 42.5 Å². The van der Waals surface area contributed by atoms with Crippen molar-refractivity contribution in [3.8, 4) is 17.2 Å². The molecule has 9 heteroatoms. The third kappa shape index (κ3) is 4.18. The van der Waals surface area contributed by atoms with Gasteiger partial charge in [0.25, 0.3) is 0 Å². The highest BCUT2D eigenvalue weighted by Crippen LogP contribution is 2.36. The number of rotatable bonds is 5. The van der Waals surface area contributed by atoms with Gasteiger partial charge in [0.05, 0.1) is 13.7 Å². The average Bonchev–Trinajstić information content (AvgIpc) is 3.38. The first kappa shape index (κ1) is 20.2. The van der Waals surface area contributed by atoms with Crippen molar-refractivity contribution in [3.05, 3.63) is 54.1 Å². The fraction of sp³-hybridized carbons (Fsp3) is 0.348. The molecular weight excluding hydrogens is 410 g/mol. The van der Waals surface area contributed by atoms with Crippen LogP contribution in [0.3, 0.4) is 0 Å². The number of carbonyl (C=O) groups is 1. The van der Waals surface area contributed by atoms with Crippen LogP contribution >= 0.6 is 0 Å². The van der Waals surface area contributed by atoms with Crippen molar-refractivity contribution in [1.82, 2.24) is 14.8 Å². The van der Waals surface area contributed by atoms with Gasteiger partial charge < -0.3 is 19.5 Å². The lowest BCUT2D eigenvalue weighted by atomic mass is 10.2. The molecular formula is C23H25N5O4. The molecule has 5 rings (SSSR count). The van der Waals surface area contributed by atoms with Crippen molar-refractivity contribution < 1.29 is 19.0 Å². The molecule has 0 saturated carbocycles. The van der Waals surface area contributed by atoms with E-state index >= 15 is 0 Å². The average molecular weight is 435 g/mol. The van der Waals surface area contributed by atoms with Crippen LogP contribution in [0.4, 0.5) is 16.2 Å². The van der Waals surface area contributed by atoms with Gasteiger partial charge >= 0.3 is 6.03 Å². The molecule has 2 aliphatic heterocycles. The minimum absolute atomic E-state index is 0.171. The van der Waals surface area contributed by atoms with Crippen LogP contribution in [0.1, 0.15) is 30.9 Å². The second-order valence-electron chi connectivity index (χ2n) is 7.76. The monoisotopic (exact) mass is 435 g/mol. The molecule has 0 atom stereocenters. The second kappa shape index (κ2) is 8.78. The minimum Gasteiger partial charge on any atom is -0.497 e. The third-order valence-corrected chi connectivity index (χ3v) is 5.60. The highest BCUT2D eigenvalue weighted by atomic mass is 16.7. The summed E-state index contributed by atoms with van der Waals surface area (Å²) in [5.41, 5.74) is 1.30. The van der Waals surface area contributed by atoms with E-state index in [1.54, 1.807) is 30.2 Å². The van der Waals surface area contributed by atoms with Gasteiger partial charge in [-0.3, -0.25) is 4.90 Å². The molecule has 0 unspecified atom stereocenters. The molecule has 2 amide bonds. The van der Waals surface area contributed by atoms with Gasteiger partial charge in [-0.25, -0.2) is 14.5 Å². The Morgan fingerprint density at radius 3 is 2.97 bits per heavy atom. The Labute approximate surface area is 185 Å². The first-order chi connectivity index (χ1) is 15.7. The van der Waals surface area contributed by atoms with Gasteiger partial charge in [0.1, 0.15) is 11.6 Å². The SMILES string of the molecule is COc1cccc(NC(=O)N(Cc2nc3n(n2)CCCCC3)c2ccc3c(c2)OCO3)c1. The van der Waals surface area contributed by atoms with Crippen molar-refractivity contribution in [1.29, 1.82) is 0 Å². The summed E-state index contributed by atoms with van der Waals surface area (Å²) in [6.45, 7) is 1.27. The first-order valence-electron chi connectivity index (χ1n) is 10.7. The number of hydrogen-bond donors (Lipinski definition) is 1. The zero-order valence-electron chi connectivity index (χ0n) is 17.9. The lowest BCUT2D eigenvalue weighted by Crippen LogP contribution is -2.35. The smallest absolute Gasteiger partial charge is 0.326 e. The molecule has 0 aliphatic carbocycles. The maximum atomic E-state index is 13.4. The molecule has 0 bridgehead atoms. The number of fused-ring (bicyclic) bond motifs is 2. The van der Waals surface area contributed by atoms with Crippen LogP contribution in [0.2, 0.25) is 0 Å². The van der Waals surface area contributed by atoms with E-state index in [0.717, 1.165) is 31.6 Å². The zero-order chi connectivity index (χ0) is 21.9. The van der Waals surface area contributed by atoms with Crippen LogP contribution in [0.5, 0.6) is 17.2 Å². The zero-order valence-corrected chi connectivity index (χ0v) is 17.9. The van der Waals surface area contributed by atoms with Gasteiger partial charge in [0.15, 0.2) is 17.3 Å². The van der Waals surface area contributed by atoms with Gasteiger partial charge in [-0.05, 0) is 37.1 Å². The van der Waals surface area contributed by atoms with Crippen molar-refractivity contribution in [2.45, 2.75) is 38.8 Å². The molecule has 0 saturated heterocycles. The second-order valence-corrected chi connectivity index (χ2v) is 7.76. The summed E-state index contributed by atoms with van der Waals surface area (Å²) < 4.78 is 18.2. The topological polar surface area (TPSA) is 90.7 Å². The largest absolute Gasteiger partial charge is 0.497 e. The molecule has 1 N–H and O–H groups in total. The lowest BCUT2D eigenvalue weighted by Gasteiger charge is -2.22. The van der Waals surface area contributed by atoms with Gasteiger partial charge in [-0.1, -0.05) is 12.5 Å². The summed E-state index contributed by atoms with van der Waals surface area (Å²) in [5, 5.41) is 7.62. The number of benzene rings is 2. The summed E-state index contributed by atoms with van der Waals surface area (Å²) in [4.78, 5) is 19.7. The number of hydrogen-bond acceptors (Lipinski definition) is 6. The van der Waals surface area contributed by atoms with Crippen LogP contribution < -0.4 is 24.4 Å². The predicted octanol–water partition coefficient (Wildman–Crippen LogP) is 3.98. The van der Waals surface area contributed by atoms with Crippen molar-refractivity contribution >= 4 is 17.4 Å². The Balaban J connectivity index is 1.44. The molecule has 0 radical (unpaired) electrons. The van der Waals surface area contributed by atoms with E-state index in [4.69, 9.17) is 19.2 Å². The number of nitrogens with zero attached hydrogens (tertiary/aromatic N) is 4. The van der Waals surface area contributed by atoms with Crippen LogP contribution in [-0.4, -0.2) is 34.7 Å². The van der Waals surface area contributed by atoms with E-state index in [9.17, 15) is 4.79 Å². The number of carbonyl (C=O) groups excluding carboxylic acids is 1. The molecule has 3 aromatic rings. The molecule has 3 heterocycles. The number of aryl methyl sites for hydroxylation is 2. The van der Waals surface area contributed by atoms with E-state index in [-0.39, 0.29) is 19.4 Å². The highest BCUT2D eigenvalue weighted by Gasteiger charge is 2.23. The molecule has 166 valence electrons. The molecule has 0 fully saturated rings. The first-order valence-corrected chi connectivity index (χ1v) is 10.7. The van der Waals surface area contributed by atoms with E-state index < -0.39 is 0 Å². The maximum absolute atomic E-state index is 13.4. The standard InChI is InChI=1S/C23H25N5O4/c1-30-18-7-5-6-16(12-18)24-23(29)27(17-9-10-19-20(13-17)32-15-31-19)14-21-25-22-8-3-2-4-11-28(22)26-21/h5-7,9-10,12-13H,2-4,8,11,14-15H2,1H3,(H,24,29). The Kier molecular flexibility index (Phi) is 5.53. The number of anilines is 2. The molecule has 1 aromatic heterocycles. The quantitative estimate of drug-likeness (QED) is 0.652. The summed E-state index contributed by atoms with van der Waals surface area (Å²) in [6.07, 6.45) is 4.30. The summed E-state index contributed by atoms with van der Waals surface area (Å²) in [6, 6.07) is 12.4. The van der Waals surface area contributed by atoms with E-state index in [1.807, 2.05) is 28.9 Å². The summed E-state index contributed by atoms with van der Waals surface area (Å²) in [5.74, 6) is 3.53.